The maximum absolute atomic E-state index is 11.7. The van der Waals surface area contributed by atoms with Crippen molar-refractivity contribution in [1.29, 1.82) is 0 Å². The van der Waals surface area contributed by atoms with Crippen LogP contribution < -0.4 is 5.32 Å². The first-order valence-corrected chi connectivity index (χ1v) is 7.23. The average Bonchev–Trinajstić information content (AvgIpc) is 2.31. The molecule has 116 valence electrons. The van der Waals surface area contributed by atoms with Gasteiger partial charge in [0.1, 0.15) is 0 Å². The Hall–Kier alpha value is -1.07. The summed E-state index contributed by atoms with van der Waals surface area (Å²) >= 11 is 11.8. The molecule has 1 aromatic rings. The van der Waals surface area contributed by atoms with Crippen molar-refractivity contribution < 1.29 is 9.90 Å². The molecule has 0 saturated carbocycles. The number of hydrogen-bond donors (Lipinski definition) is 2. The maximum Gasteiger partial charge on any atom is 0.244 e. The van der Waals surface area contributed by atoms with Gasteiger partial charge in [-0.05, 0) is 50.9 Å². The third kappa shape index (κ3) is 7.48. The van der Waals surface area contributed by atoms with Crippen LogP contribution in [0.1, 0.15) is 12.5 Å². The summed E-state index contributed by atoms with van der Waals surface area (Å²) in [4.78, 5) is 13.6. The molecule has 1 rings (SSSR count). The van der Waals surface area contributed by atoms with Gasteiger partial charge < -0.3 is 15.3 Å². The Balaban J connectivity index is 2.55. The van der Waals surface area contributed by atoms with Crippen LogP contribution in [0.4, 0.5) is 0 Å². The number of aliphatic hydroxyl groups is 1. The summed E-state index contributed by atoms with van der Waals surface area (Å²) in [5, 5.41) is 13.8. The van der Waals surface area contributed by atoms with E-state index in [1.165, 1.54) is 6.08 Å². The van der Waals surface area contributed by atoms with Crippen LogP contribution in [-0.2, 0) is 4.79 Å². The summed E-state index contributed by atoms with van der Waals surface area (Å²) in [6.07, 6.45) is 3.00. The van der Waals surface area contributed by atoms with Gasteiger partial charge in [0.15, 0.2) is 0 Å². The van der Waals surface area contributed by atoms with Crippen molar-refractivity contribution in [1.82, 2.24) is 10.2 Å². The van der Waals surface area contributed by atoms with E-state index in [0.29, 0.717) is 16.6 Å². The van der Waals surface area contributed by atoms with E-state index in [0.717, 1.165) is 5.56 Å². The van der Waals surface area contributed by atoms with Crippen LogP contribution in [0.2, 0.25) is 10.0 Å². The van der Waals surface area contributed by atoms with Crippen LogP contribution in [-0.4, -0.2) is 48.7 Å². The SMILES string of the molecule is CN(C)CC(C)(O)CNC(=O)/C=C/c1cc(Cl)cc(Cl)c1. The van der Waals surface area contributed by atoms with E-state index >= 15 is 0 Å². The maximum atomic E-state index is 11.7. The summed E-state index contributed by atoms with van der Waals surface area (Å²) in [7, 11) is 3.72. The molecule has 0 aliphatic rings. The molecule has 0 bridgehead atoms. The summed E-state index contributed by atoms with van der Waals surface area (Å²) in [5.41, 5.74) is -0.241. The third-order valence-corrected chi connectivity index (χ3v) is 3.05. The predicted molar refractivity (Wildman–Crippen MR) is 87.7 cm³/mol. The monoisotopic (exact) mass is 330 g/mol. The van der Waals surface area contributed by atoms with Gasteiger partial charge in [0.2, 0.25) is 5.91 Å². The number of amides is 1. The van der Waals surface area contributed by atoms with Gasteiger partial charge in [-0.25, -0.2) is 0 Å². The molecular formula is C15H20Cl2N2O2. The van der Waals surface area contributed by atoms with Gasteiger partial charge in [0, 0.05) is 29.2 Å². The van der Waals surface area contributed by atoms with E-state index in [4.69, 9.17) is 23.2 Å². The van der Waals surface area contributed by atoms with E-state index in [1.807, 2.05) is 19.0 Å². The fourth-order valence-corrected chi connectivity index (χ4v) is 2.46. The number of benzene rings is 1. The van der Waals surface area contributed by atoms with Crippen LogP contribution in [0.5, 0.6) is 0 Å². The summed E-state index contributed by atoms with van der Waals surface area (Å²) in [6, 6.07) is 5.04. The van der Waals surface area contributed by atoms with Crippen molar-refractivity contribution >= 4 is 35.2 Å². The van der Waals surface area contributed by atoms with Gasteiger partial charge in [-0.3, -0.25) is 4.79 Å². The van der Waals surface area contributed by atoms with Crippen molar-refractivity contribution in [3.8, 4) is 0 Å². The molecule has 0 fully saturated rings. The average molecular weight is 331 g/mol. The number of halogens is 2. The quantitative estimate of drug-likeness (QED) is 0.787. The van der Waals surface area contributed by atoms with E-state index < -0.39 is 5.60 Å². The van der Waals surface area contributed by atoms with Gasteiger partial charge in [-0.15, -0.1) is 0 Å². The van der Waals surface area contributed by atoms with Gasteiger partial charge in [0.05, 0.1) is 5.60 Å². The normalized spacial score (nSPS) is 14.4. The lowest BCUT2D eigenvalue weighted by Gasteiger charge is -2.26. The number of likely N-dealkylation sites (N-methyl/N-ethyl adjacent to an activating group) is 1. The highest BCUT2D eigenvalue weighted by Crippen LogP contribution is 2.19. The smallest absolute Gasteiger partial charge is 0.244 e. The summed E-state index contributed by atoms with van der Waals surface area (Å²) in [6.45, 7) is 2.30. The Labute approximate surface area is 135 Å². The van der Waals surface area contributed by atoms with E-state index in [9.17, 15) is 9.90 Å². The van der Waals surface area contributed by atoms with Gasteiger partial charge in [-0.1, -0.05) is 23.2 Å². The fourth-order valence-electron chi connectivity index (χ4n) is 1.92. The highest BCUT2D eigenvalue weighted by atomic mass is 35.5. The standard InChI is InChI=1S/C15H20Cl2N2O2/c1-15(21,10-19(2)3)9-18-14(20)5-4-11-6-12(16)8-13(17)7-11/h4-8,21H,9-10H2,1-3H3,(H,18,20)/b5-4+. The van der Waals surface area contributed by atoms with Gasteiger partial charge >= 0.3 is 0 Å². The molecule has 0 aromatic heterocycles. The zero-order chi connectivity index (χ0) is 16.0. The minimum atomic E-state index is -0.980. The summed E-state index contributed by atoms with van der Waals surface area (Å²) < 4.78 is 0. The molecule has 0 radical (unpaired) electrons. The Morgan fingerprint density at radius 3 is 2.43 bits per heavy atom. The molecule has 0 aliphatic heterocycles. The lowest BCUT2D eigenvalue weighted by Crippen LogP contribution is -2.46. The lowest BCUT2D eigenvalue weighted by molar-refractivity contribution is -0.117. The first kappa shape index (κ1) is 18.0. The molecule has 1 aromatic carbocycles. The highest BCUT2D eigenvalue weighted by molar-refractivity contribution is 6.34. The van der Waals surface area contributed by atoms with Crippen molar-refractivity contribution in [3.63, 3.8) is 0 Å². The van der Waals surface area contributed by atoms with Gasteiger partial charge in [-0.2, -0.15) is 0 Å². The minimum Gasteiger partial charge on any atom is -0.387 e. The Morgan fingerprint density at radius 2 is 1.90 bits per heavy atom. The van der Waals surface area contributed by atoms with Crippen LogP contribution in [0.15, 0.2) is 24.3 Å². The molecule has 0 heterocycles. The molecule has 21 heavy (non-hydrogen) atoms. The third-order valence-electron chi connectivity index (χ3n) is 2.61. The van der Waals surface area contributed by atoms with Crippen molar-refractivity contribution in [2.75, 3.05) is 27.2 Å². The topological polar surface area (TPSA) is 52.6 Å². The molecule has 1 atom stereocenters. The first-order chi connectivity index (χ1) is 9.68. The van der Waals surface area contributed by atoms with E-state index in [1.54, 1.807) is 31.2 Å². The predicted octanol–water partition coefficient (Wildman–Crippen LogP) is 2.44. The molecule has 0 saturated heterocycles. The molecule has 0 spiro atoms. The molecule has 1 amide bonds. The zero-order valence-electron chi connectivity index (χ0n) is 12.4. The lowest BCUT2D eigenvalue weighted by atomic mass is 10.1. The Morgan fingerprint density at radius 1 is 1.33 bits per heavy atom. The molecule has 4 nitrogen and oxygen atoms in total. The van der Waals surface area contributed by atoms with Gasteiger partial charge in [0.25, 0.3) is 0 Å². The van der Waals surface area contributed by atoms with Crippen molar-refractivity contribution in [2.45, 2.75) is 12.5 Å². The molecule has 2 N–H and O–H groups in total. The minimum absolute atomic E-state index is 0.171. The second kappa shape index (κ2) is 7.80. The molecular weight excluding hydrogens is 311 g/mol. The largest absolute Gasteiger partial charge is 0.387 e. The van der Waals surface area contributed by atoms with Crippen LogP contribution >= 0.6 is 23.2 Å². The number of nitrogens with one attached hydrogen (secondary N) is 1. The second-order valence-corrected chi connectivity index (χ2v) is 6.36. The number of carbonyl (C=O) groups excluding carboxylic acids is 1. The number of carbonyl (C=O) groups is 1. The van der Waals surface area contributed by atoms with Crippen molar-refractivity contribution in [3.05, 3.63) is 39.9 Å². The van der Waals surface area contributed by atoms with E-state index in [-0.39, 0.29) is 12.5 Å². The fraction of sp³-hybridized carbons (Fsp3) is 0.400. The van der Waals surface area contributed by atoms with E-state index in [2.05, 4.69) is 5.32 Å². The Kier molecular flexibility index (Phi) is 6.68. The molecule has 0 aliphatic carbocycles. The zero-order valence-corrected chi connectivity index (χ0v) is 13.9. The number of nitrogens with zero attached hydrogens (tertiary/aromatic N) is 1. The highest BCUT2D eigenvalue weighted by Gasteiger charge is 2.21. The second-order valence-electron chi connectivity index (χ2n) is 5.49. The van der Waals surface area contributed by atoms with Crippen LogP contribution in [0.25, 0.3) is 6.08 Å². The number of hydrogen-bond acceptors (Lipinski definition) is 3. The molecule has 1 unspecified atom stereocenters. The first-order valence-electron chi connectivity index (χ1n) is 6.47. The van der Waals surface area contributed by atoms with Crippen LogP contribution in [0, 0.1) is 0 Å². The van der Waals surface area contributed by atoms with Crippen LogP contribution in [0.3, 0.4) is 0 Å². The molecule has 6 heteroatoms. The Bertz CT molecular complexity index is 508. The van der Waals surface area contributed by atoms with Crippen molar-refractivity contribution in [2.24, 2.45) is 0 Å². The number of rotatable bonds is 6. The summed E-state index contributed by atoms with van der Waals surface area (Å²) in [5.74, 6) is -0.287.